The first kappa shape index (κ1) is 14.6. The molecule has 20 heavy (non-hydrogen) atoms. The molecular formula is C18H23NO. The minimum atomic E-state index is 0.297. The number of ether oxygens (including phenoxy) is 1. The smallest absolute Gasteiger partial charge is 0.124 e. The average molecular weight is 269 g/mol. The fourth-order valence-electron chi connectivity index (χ4n) is 2.29. The van der Waals surface area contributed by atoms with Gasteiger partial charge < -0.3 is 10.1 Å². The van der Waals surface area contributed by atoms with E-state index in [0.29, 0.717) is 12.6 Å². The standard InChI is InChI=1S/C18H23NO/c1-4-19-15(3)17-12-14(2)10-11-18(17)20-13-16-8-6-5-7-9-16/h5-12,15,19H,4,13H2,1-3H3. The third kappa shape index (κ3) is 3.84. The first-order valence-electron chi connectivity index (χ1n) is 7.21. The molecule has 1 N–H and O–H groups in total. The summed E-state index contributed by atoms with van der Waals surface area (Å²) in [7, 11) is 0. The van der Waals surface area contributed by atoms with Crippen LogP contribution in [0.2, 0.25) is 0 Å². The van der Waals surface area contributed by atoms with Crippen LogP contribution < -0.4 is 10.1 Å². The van der Waals surface area contributed by atoms with Gasteiger partial charge in [-0.25, -0.2) is 0 Å². The Kier molecular flexibility index (Phi) is 5.19. The van der Waals surface area contributed by atoms with Gasteiger partial charge in [-0.2, -0.15) is 0 Å². The van der Waals surface area contributed by atoms with Crippen LogP contribution in [-0.2, 0) is 6.61 Å². The van der Waals surface area contributed by atoms with E-state index in [1.54, 1.807) is 0 Å². The van der Waals surface area contributed by atoms with Gasteiger partial charge in [0, 0.05) is 11.6 Å². The van der Waals surface area contributed by atoms with Gasteiger partial charge in [-0.05, 0) is 32.0 Å². The van der Waals surface area contributed by atoms with Crippen LogP contribution in [0, 0.1) is 6.92 Å². The number of hydrogen-bond acceptors (Lipinski definition) is 2. The molecule has 106 valence electrons. The molecule has 0 aliphatic rings. The highest BCUT2D eigenvalue weighted by Gasteiger charge is 2.11. The summed E-state index contributed by atoms with van der Waals surface area (Å²) in [5.41, 5.74) is 3.68. The van der Waals surface area contributed by atoms with Crippen molar-refractivity contribution in [2.75, 3.05) is 6.54 Å². The van der Waals surface area contributed by atoms with E-state index in [-0.39, 0.29) is 0 Å². The fraction of sp³-hybridized carbons (Fsp3) is 0.333. The summed E-state index contributed by atoms with van der Waals surface area (Å²) in [6.07, 6.45) is 0. The van der Waals surface area contributed by atoms with Crippen LogP contribution in [0.4, 0.5) is 0 Å². The maximum atomic E-state index is 6.01. The molecule has 0 bridgehead atoms. The Morgan fingerprint density at radius 3 is 2.55 bits per heavy atom. The zero-order chi connectivity index (χ0) is 14.4. The van der Waals surface area contributed by atoms with Crippen molar-refractivity contribution in [3.63, 3.8) is 0 Å². The molecule has 0 saturated carbocycles. The first-order valence-corrected chi connectivity index (χ1v) is 7.21. The van der Waals surface area contributed by atoms with Crippen molar-refractivity contribution in [3.8, 4) is 5.75 Å². The van der Waals surface area contributed by atoms with Crippen LogP contribution >= 0.6 is 0 Å². The van der Waals surface area contributed by atoms with Crippen LogP contribution in [0.15, 0.2) is 48.5 Å². The van der Waals surface area contributed by atoms with Crippen molar-refractivity contribution in [2.45, 2.75) is 33.4 Å². The zero-order valence-electron chi connectivity index (χ0n) is 12.5. The molecule has 2 aromatic rings. The minimum Gasteiger partial charge on any atom is -0.489 e. The third-order valence-electron chi connectivity index (χ3n) is 3.38. The van der Waals surface area contributed by atoms with Gasteiger partial charge in [0.2, 0.25) is 0 Å². The predicted molar refractivity (Wildman–Crippen MR) is 84.0 cm³/mol. The number of nitrogens with one attached hydrogen (secondary N) is 1. The second-order valence-corrected chi connectivity index (χ2v) is 5.09. The summed E-state index contributed by atoms with van der Waals surface area (Å²) < 4.78 is 6.01. The van der Waals surface area contributed by atoms with Crippen LogP contribution in [0.25, 0.3) is 0 Å². The molecule has 0 aliphatic heterocycles. The van der Waals surface area contributed by atoms with E-state index in [2.05, 4.69) is 56.4 Å². The van der Waals surface area contributed by atoms with Gasteiger partial charge in [0.1, 0.15) is 12.4 Å². The third-order valence-corrected chi connectivity index (χ3v) is 3.38. The minimum absolute atomic E-state index is 0.297. The maximum Gasteiger partial charge on any atom is 0.124 e. The second kappa shape index (κ2) is 7.11. The lowest BCUT2D eigenvalue weighted by molar-refractivity contribution is 0.300. The molecule has 0 aromatic heterocycles. The molecule has 0 heterocycles. The van der Waals surface area contributed by atoms with E-state index in [9.17, 15) is 0 Å². The molecular weight excluding hydrogens is 246 g/mol. The van der Waals surface area contributed by atoms with Gasteiger partial charge in [0.25, 0.3) is 0 Å². The summed E-state index contributed by atoms with van der Waals surface area (Å²) in [5, 5.41) is 3.45. The van der Waals surface area contributed by atoms with Crippen LogP contribution in [0.5, 0.6) is 5.75 Å². The summed E-state index contributed by atoms with van der Waals surface area (Å²) in [5.74, 6) is 0.966. The number of aryl methyl sites for hydroxylation is 1. The lowest BCUT2D eigenvalue weighted by Gasteiger charge is -2.18. The van der Waals surface area contributed by atoms with E-state index in [1.807, 2.05) is 18.2 Å². The molecule has 0 radical (unpaired) electrons. The van der Waals surface area contributed by atoms with Crippen molar-refractivity contribution < 1.29 is 4.74 Å². The SMILES string of the molecule is CCNC(C)c1cc(C)ccc1OCc1ccccc1. The normalized spacial score (nSPS) is 12.2. The average Bonchev–Trinajstić information content (AvgIpc) is 2.47. The van der Waals surface area contributed by atoms with Crippen molar-refractivity contribution >= 4 is 0 Å². The Labute approximate surface area is 121 Å². The lowest BCUT2D eigenvalue weighted by atomic mass is 10.0. The Balaban J connectivity index is 2.14. The molecule has 0 spiro atoms. The summed E-state index contributed by atoms with van der Waals surface area (Å²) in [4.78, 5) is 0. The molecule has 2 aromatic carbocycles. The highest BCUT2D eigenvalue weighted by Crippen LogP contribution is 2.27. The summed E-state index contributed by atoms with van der Waals surface area (Å²) in [6.45, 7) is 7.97. The van der Waals surface area contributed by atoms with Crippen LogP contribution in [0.3, 0.4) is 0 Å². The predicted octanol–water partition coefficient (Wildman–Crippen LogP) is 4.24. The fourth-order valence-corrected chi connectivity index (χ4v) is 2.29. The molecule has 2 nitrogen and oxygen atoms in total. The first-order chi connectivity index (χ1) is 9.70. The molecule has 1 unspecified atom stereocenters. The van der Waals surface area contributed by atoms with Crippen LogP contribution in [-0.4, -0.2) is 6.54 Å². The molecule has 0 amide bonds. The highest BCUT2D eigenvalue weighted by atomic mass is 16.5. The van der Waals surface area contributed by atoms with Gasteiger partial charge in [0.05, 0.1) is 0 Å². The number of hydrogen-bond donors (Lipinski definition) is 1. The summed E-state index contributed by atoms with van der Waals surface area (Å²) >= 11 is 0. The topological polar surface area (TPSA) is 21.3 Å². The van der Waals surface area contributed by atoms with Gasteiger partial charge in [-0.1, -0.05) is 55.0 Å². The quantitative estimate of drug-likeness (QED) is 0.846. The number of rotatable bonds is 6. The largest absolute Gasteiger partial charge is 0.489 e. The molecule has 0 fully saturated rings. The summed E-state index contributed by atoms with van der Waals surface area (Å²) in [6, 6.07) is 16.9. The van der Waals surface area contributed by atoms with Gasteiger partial charge in [-0.15, -0.1) is 0 Å². The Bertz CT molecular complexity index is 536. The molecule has 0 saturated heterocycles. The van der Waals surface area contributed by atoms with Crippen molar-refractivity contribution in [1.29, 1.82) is 0 Å². The second-order valence-electron chi connectivity index (χ2n) is 5.09. The van der Waals surface area contributed by atoms with E-state index in [4.69, 9.17) is 4.74 Å². The monoisotopic (exact) mass is 269 g/mol. The molecule has 2 heteroatoms. The van der Waals surface area contributed by atoms with Gasteiger partial charge >= 0.3 is 0 Å². The van der Waals surface area contributed by atoms with Crippen molar-refractivity contribution in [3.05, 3.63) is 65.2 Å². The van der Waals surface area contributed by atoms with Crippen molar-refractivity contribution in [2.24, 2.45) is 0 Å². The Morgan fingerprint density at radius 1 is 1.10 bits per heavy atom. The number of benzene rings is 2. The maximum absolute atomic E-state index is 6.01. The Hall–Kier alpha value is -1.80. The van der Waals surface area contributed by atoms with E-state index in [1.165, 1.54) is 16.7 Å². The molecule has 1 atom stereocenters. The van der Waals surface area contributed by atoms with E-state index in [0.717, 1.165) is 12.3 Å². The van der Waals surface area contributed by atoms with Gasteiger partial charge in [-0.3, -0.25) is 0 Å². The van der Waals surface area contributed by atoms with E-state index < -0.39 is 0 Å². The van der Waals surface area contributed by atoms with Crippen LogP contribution in [0.1, 0.15) is 36.6 Å². The Morgan fingerprint density at radius 2 is 1.85 bits per heavy atom. The van der Waals surface area contributed by atoms with Gasteiger partial charge in [0.15, 0.2) is 0 Å². The zero-order valence-corrected chi connectivity index (χ0v) is 12.5. The lowest BCUT2D eigenvalue weighted by Crippen LogP contribution is -2.18. The highest BCUT2D eigenvalue weighted by molar-refractivity contribution is 5.39. The van der Waals surface area contributed by atoms with Crippen molar-refractivity contribution in [1.82, 2.24) is 5.32 Å². The molecule has 0 aliphatic carbocycles. The molecule has 2 rings (SSSR count). The van der Waals surface area contributed by atoms with E-state index >= 15 is 0 Å².